The Balaban J connectivity index is 2.02. The first-order chi connectivity index (χ1) is 9.08. The van der Waals surface area contributed by atoms with Crippen molar-refractivity contribution in [3.63, 3.8) is 0 Å². The fourth-order valence-electron chi connectivity index (χ4n) is 1.86. The zero-order valence-electron chi connectivity index (χ0n) is 10.5. The summed E-state index contributed by atoms with van der Waals surface area (Å²) in [5.74, 6) is 0. The van der Waals surface area contributed by atoms with Gasteiger partial charge < -0.3 is 5.32 Å². The third-order valence-electron chi connectivity index (χ3n) is 2.97. The maximum Gasteiger partial charge on any atom is 0.0595 e. The monoisotopic (exact) mass is 313 g/mol. The molecule has 1 N–H and O–H groups in total. The summed E-state index contributed by atoms with van der Waals surface area (Å²) in [6.45, 7) is 2.79. The topological polar surface area (TPSA) is 12.0 Å². The summed E-state index contributed by atoms with van der Waals surface area (Å²) in [5.41, 5.74) is 2.18. The Kier molecular flexibility index (Phi) is 5.12. The van der Waals surface area contributed by atoms with E-state index in [4.69, 9.17) is 34.8 Å². The van der Waals surface area contributed by atoms with E-state index in [1.165, 1.54) is 0 Å². The summed E-state index contributed by atoms with van der Waals surface area (Å²) < 4.78 is 0. The maximum absolute atomic E-state index is 6.17. The van der Waals surface area contributed by atoms with E-state index in [1.807, 2.05) is 36.4 Å². The van der Waals surface area contributed by atoms with Gasteiger partial charge in [-0.15, -0.1) is 0 Å². The van der Waals surface area contributed by atoms with E-state index in [-0.39, 0.29) is 6.04 Å². The highest BCUT2D eigenvalue weighted by molar-refractivity contribution is 6.42. The minimum Gasteiger partial charge on any atom is -0.306 e. The molecule has 0 aliphatic heterocycles. The molecule has 0 aromatic heterocycles. The van der Waals surface area contributed by atoms with Crippen LogP contribution in [0.3, 0.4) is 0 Å². The van der Waals surface area contributed by atoms with Gasteiger partial charge in [-0.1, -0.05) is 59.1 Å². The highest BCUT2D eigenvalue weighted by atomic mass is 35.5. The van der Waals surface area contributed by atoms with Crippen molar-refractivity contribution in [3.8, 4) is 0 Å². The summed E-state index contributed by atoms with van der Waals surface area (Å²) in [6, 6.07) is 13.6. The van der Waals surface area contributed by atoms with Gasteiger partial charge >= 0.3 is 0 Å². The fraction of sp³-hybridized carbons (Fsp3) is 0.200. The fourth-order valence-corrected chi connectivity index (χ4v) is 2.48. The average Bonchev–Trinajstić information content (AvgIpc) is 2.40. The van der Waals surface area contributed by atoms with E-state index >= 15 is 0 Å². The molecule has 0 spiro atoms. The third kappa shape index (κ3) is 3.87. The standard InChI is InChI=1S/C15H14Cl3N/c1-10(12-4-2-3-5-13(12)16)19-9-11-6-7-14(17)15(18)8-11/h2-8,10,19H,9H2,1H3. The molecule has 4 heteroatoms. The summed E-state index contributed by atoms with van der Waals surface area (Å²) in [7, 11) is 0. The van der Waals surface area contributed by atoms with Gasteiger partial charge in [0.2, 0.25) is 0 Å². The Bertz CT molecular complexity index is 569. The molecule has 0 saturated carbocycles. The Morgan fingerprint density at radius 3 is 2.37 bits per heavy atom. The van der Waals surface area contributed by atoms with Crippen LogP contribution in [0.4, 0.5) is 0 Å². The molecule has 2 aromatic rings. The van der Waals surface area contributed by atoms with Crippen LogP contribution in [0.2, 0.25) is 15.1 Å². The molecule has 0 saturated heterocycles. The lowest BCUT2D eigenvalue weighted by atomic mass is 10.1. The van der Waals surface area contributed by atoms with Crippen LogP contribution in [0.1, 0.15) is 24.1 Å². The second-order valence-electron chi connectivity index (χ2n) is 4.37. The summed E-state index contributed by atoms with van der Waals surface area (Å²) >= 11 is 18.0. The van der Waals surface area contributed by atoms with Crippen LogP contribution >= 0.6 is 34.8 Å². The normalized spacial score (nSPS) is 12.4. The molecule has 1 atom stereocenters. The van der Waals surface area contributed by atoms with Gasteiger partial charge in [0.15, 0.2) is 0 Å². The van der Waals surface area contributed by atoms with Crippen molar-refractivity contribution in [2.24, 2.45) is 0 Å². The minimum atomic E-state index is 0.170. The van der Waals surface area contributed by atoms with Crippen LogP contribution in [0.15, 0.2) is 42.5 Å². The Morgan fingerprint density at radius 2 is 1.68 bits per heavy atom. The predicted molar refractivity (Wildman–Crippen MR) is 83.2 cm³/mol. The molecule has 2 rings (SSSR count). The lowest BCUT2D eigenvalue weighted by molar-refractivity contribution is 0.575. The first kappa shape index (κ1) is 14.7. The average molecular weight is 315 g/mol. The van der Waals surface area contributed by atoms with Crippen LogP contribution in [0, 0.1) is 0 Å². The van der Waals surface area contributed by atoms with Crippen molar-refractivity contribution < 1.29 is 0 Å². The Hall–Kier alpha value is -0.730. The summed E-state index contributed by atoms with van der Waals surface area (Å²) in [6.07, 6.45) is 0. The third-order valence-corrected chi connectivity index (χ3v) is 4.05. The van der Waals surface area contributed by atoms with E-state index in [0.717, 1.165) is 16.1 Å². The lowest BCUT2D eigenvalue weighted by Crippen LogP contribution is -2.18. The van der Waals surface area contributed by atoms with E-state index < -0.39 is 0 Å². The molecule has 1 nitrogen and oxygen atoms in total. The van der Waals surface area contributed by atoms with Gasteiger partial charge in [-0.25, -0.2) is 0 Å². The summed E-state index contributed by atoms with van der Waals surface area (Å²) in [4.78, 5) is 0. The highest BCUT2D eigenvalue weighted by Crippen LogP contribution is 2.24. The van der Waals surface area contributed by atoms with Gasteiger partial charge in [-0.05, 0) is 36.2 Å². The quantitative estimate of drug-likeness (QED) is 0.786. The van der Waals surface area contributed by atoms with Crippen LogP contribution in [0.5, 0.6) is 0 Å². The second-order valence-corrected chi connectivity index (χ2v) is 5.59. The van der Waals surface area contributed by atoms with Crippen molar-refractivity contribution in [3.05, 3.63) is 68.7 Å². The molecule has 0 aliphatic rings. The van der Waals surface area contributed by atoms with E-state index in [1.54, 1.807) is 6.07 Å². The molecular weight excluding hydrogens is 301 g/mol. The molecule has 100 valence electrons. The van der Waals surface area contributed by atoms with Gasteiger partial charge in [0.25, 0.3) is 0 Å². The van der Waals surface area contributed by atoms with E-state index in [9.17, 15) is 0 Å². The first-order valence-electron chi connectivity index (χ1n) is 5.99. The zero-order chi connectivity index (χ0) is 13.8. The van der Waals surface area contributed by atoms with E-state index in [2.05, 4.69) is 12.2 Å². The minimum absolute atomic E-state index is 0.170. The van der Waals surface area contributed by atoms with Crippen LogP contribution in [-0.2, 0) is 6.54 Å². The highest BCUT2D eigenvalue weighted by Gasteiger charge is 2.08. The SMILES string of the molecule is CC(NCc1ccc(Cl)c(Cl)c1)c1ccccc1Cl. The van der Waals surface area contributed by atoms with Crippen molar-refractivity contribution in [2.75, 3.05) is 0 Å². The maximum atomic E-state index is 6.17. The van der Waals surface area contributed by atoms with Crippen LogP contribution in [-0.4, -0.2) is 0 Å². The number of hydrogen-bond donors (Lipinski definition) is 1. The van der Waals surface area contributed by atoms with Crippen molar-refractivity contribution >= 4 is 34.8 Å². The molecule has 2 aromatic carbocycles. The zero-order valence-corrected chi connectivity index (χ0v) is 12.7. The van der Waals surface area contributed by atoms with E-state index in [0.29, 0.717) is 16.6 Å². The van der Waals surface area contributed by atoms with Gasteiger partial charge in [-0.2, -0.15) is 0 Å². The van der Waals surface area contributed by atoms with Gasteiger partial charge in [0.05, 0.1) is 10.0 Å². The predicted octanol–water partition coefficient (Wildman–Crippen LogP) is 5.50. The number of benzene rings is 2. The molecular formula is C15H14Cl3N. The number of nitrogens with one attached hydrogen (secondary N) is 1. The van der Waals surface area contributed by atoms with Crippen molar-refractivity contribution in [2.45, 2.75) is 19.5 Å². The molecule has 1 unspecified atom stereocenters. The molecule has 0 radical (unpaired) electrons. The first-order valence-corrected chi connectivity index (χ1v) is 7.13. The number of halogens is 3. The van der Waals surface area contributed by atoms with Gasteiger partial charge in [-0.3, -0.25) is 0 Å². The largest absolute Gasteiger partial charge is 0.306 e. The summed E-state index contributed by atoms with van der Waals surface area (Å²) in [5, 5.41) is 5.34. The van der Waals surface area contributed by atoms with Crippen LogP contribution < -0.4 is 5.32 Å². The molecule has 0 amide bonds. The van der Waals surface area contributed by atoms with Crippen molar-refractivity contribution in [1.29, 1.82) is 0 Å². The number of hydrogen-bond acceptors (Lipinski definition) is 1. The molecule has 0 bridgehead atoms. The second kappa shape index (κ2) is 6.62. The van der Waals surface area contributed by atoms with Gasteiger partial charge in [0.1, 0.15) is 0 Å². The molecule has 19 heavy (non-hydrogen) atoms. The molecule has 0 fully saturated rings. The lowest BCUT2D eigenvalue weighted by Gasteiger charge is -2.16. The number of rotatable bonds is 4. The molecule has 0 aliphatic carbocycles. The van der Waals surface area contributed by atoms with Crippen molar-refractivity contribution in [1.82, 2.24) is 5.32 Å². The van der Waals surface area contributed by atoms with Crippen LogP contribution in [0.25, 0.3) is 0 Å². The van der Waals surface area contributed by atoms with Gasteiger partial charge in [0, 0.05) is 17.6 Å². The Labute approximate surface area is 128 Å². The smallest absolute Gasteiger partial charge is 0.0595 e. The molecule has 0 heterocycles. The Morgan fingerprint density at radius 1 is 0.947 bits per heavy atom.